The van der Waals surface area contributed by atoms with Crippen molar-refractivity contribution in [1.82, 2.24) is 10.2 Å². The van der Waals surface area contributed by atoms with E-state index in [9.17, 15) is 4.79 Å². The van der Waals surface area contributed by atoms with E-state index in [0.717, 1.165) is 38.2 Å². The predicted molar refractivity (Wildman–Crippen MR) is 105 cm³/mol. The second-order valence-corrected chi connectivity index (χ2v) is 7.07. The number of nitrogens with one attached hydrogen (secondary N) is 1. The van der Waals surface area contributed by atoms with Crippen LogP contribution in [0.4, 0.5) is 0 Å². The number of rotatable bonds is 9. The Hall–Kier alpha value is -1.85. The number of benzene rings is 1. The molecule has 26 heavy (non-hydrogen) atoms. The van der Waals surface area contributed by atoms with Gasteiger partial charge in [-0.25, -0.2) is 0 Å². The number of methoxy groups -OCH3 is 1. The van der Waals surface area contributed by atoms with Gasteiger partial charge in [-0.15, -0.1) is 0 Å². The van der Waals surface area contributed by atoms with E-state index in [-0.39, 0.29) is 12.0 Å². The van der Waals surface area contributed by atoms with Crippen molar-refractivity contribution in [3.63, 3.8) is 0 Å². The van der Waals surface area contributed by atoms with Gasteiger partial charge >= 0.3 is 0 Å². The summed E-state index contributed by atoms with van der Waals surface area (Å²) in [7, 11) is 1.62. The third kappa shape index (κ3) is 7.18. The van der Waals surface area contributed by atoms with Crippen molar-refractivity contribution >= 4 is 5.91 Å². The topological polar surface area (TPSA) is 50.8 Å². The molecule has 1 aromatic rings. The van der Waals surface area contributed by atoms with E-state index in [1.165, 1.54) is 0 Å². The molecule has 0 atom stereocenters. The van der Waals surface area contributed by atoms with Crippen molar-refractivity contribution in [2.24, 2.45) is 5.92 Å². The van der Waals surface area contributed by atoms with Gasteiger partial charge in [-0.3, -0.25) is 9.69 Å². The molecule has 5 nitrogen and oxygen atoms in total. The number of carbonyl (C=O) groups is 1. The summed E-state index contributed by atoms with van der Waals surface area (Å²) in [5.41, 5.74) is 0.620. The van der Waals surface area contributed by atoms with Gasteiger partial charge in [0.1, 0.15) is 11.9 Å². The monoisotopic (exact) mass is 360 g/mol. The molecule has 144 valence electrons. The second kappa shape index (κ2) is 11.0. The first-order valence-corrected chi connectivity index (χ1v) is 9.51. The summed E-state index contributed by atoms with van der Waals surface area (Å²) in [4.78, 5) is 14.6. The fourth-order valence-electron chi connectivity index (χ4n) is 2.96. The SMILES string of the molecule is COCCNC(=O)c1cccc(OC2CCN(C/C=C/C(C)C)CC2)c1. The maximum atomic E-state index is 12.1. The summed E-state index contributed by atoms with van der Waals surface area (Å²) in [6, 6.07) is 7.41. The molecule has 1 aliphatic rings. The molecule has 0 radical (unpaired) electrons. The summed E-state index contributed by atoms with van der Waals surface area (Å²) in [5.74, 6) is 1.27. The molecule has 1 N–H and O–H groups in total. The minimum absolute atomic E-state index is 0.0979. The van der Waals surface area contributed by atoms with E-state index >= 15 is 0 Å². The van der Waals surface area contributed by atoms with Gasteiger partial charge in [-0.05, 0) is 37.0 Å². The third-order valence-corrected chi connectivity index (χ3v) is 4.41. The van der Waals surface area contributed by atoms with Crippen LogP contribution in [0.1, 0.15) is 37.0 Å². The van der Waals surface area contributed by atoms with Crippen molar-refractivity contribution in [2.75, 3.05) is 39.9 Å². The molecule has 5 heteroatoms. The van der Waals surface area contributed by atoms with Crippen molar-refractivity contribution in [1.29, 1.82) is 0 Å². The van der Waals surface area contributed by atoms with Crippen LogP contribution in [0.3, 0.4) is 0 Å². The molecule has 0 aromatic heterocycles. The molecule has 0 bridgehead atoms. The lowest BCUT2D eigenvalue weighted by Gasteiger charge is -2.31. The number of amides is 1. The van der Waals surface area contributed by atoms with E-state index in [4.69, 9.17) is 9.47 Å². The van der Waals surface area contributed by atoms with E-state index in [1.54, 1.807) is 13.2 Å². The quantitative estimate of drug-likeness (QED) is 0.543. The Kier molecular flexibility index (Phi) is 8.65. The molecule has 1 aliphatic heterocycles. The fraction of sp³-hybridized carbons (Fsp3) is 0.571. The smallest absolute Gasteiger partial charge is 0.251 e. The Morgan fingerprint density at radius 1 is 1.35 bits per heavy atom. The van der Waals surface area contributed by atoms with Crippen LogP contribution in [-0.4, -0.2) is 56.8 Å². The van der Waals surface area contributed by atoms with Gasteiger partial charge in [0.25, 0.3) is 5.91 Å². The molecule has 0 unspecified atom stereocenters. The van der Waals surface area contributed by atoms with Gasteiger partial charge < -0.3 is 14.8 Å². The van der Waals surface area contributed by atoms with Gasteiger partial charge in [-0.2, -0.15) is 0 Å². The molecule has 1 heterocycles. The largest absolute Gasteiger partial charge is 0.490 e. The molecule has 1 aromatic carbocycles. The summed E-state index contributed by atoms with van der Waals surface area (Å²) in [5, 5.41) is 2.83. The van der Waals surface area contributed by atoms with E-state index in [2.05, 4.69) is 36.2 Å². The molecular formula is C21H32N2O3. The molecule has 0 aliphatic carbocycles. The average molecular weight is 360 g/mol. The van der Waals surface area contributed by atoms with Crippen LogP contribution in [0.15, 0.2) is 36.4 Å². The number of nitrogens with zero attached hydrogens (tertiary/aromatic N) is 1. The van der Waals surface area contributed by atoms with E-state index in [1.807, 2.05) is 18.2 Å². The van der Waals surface area contributed by atoms with Crippen molar-refractivity contribution in [2.45, 2.75) is 32.8 Å². The number of allylic oxidation sites excluding steroid dienone is 1. The Labute approximate surface area is 157 Å². The lowest BCUT2D eigenvalue weighted by atomic mass is 10.1. The lowest BCUT2D eigenvalue weighted by molar-refractivity contribution is 0.0932. The van der Waals surface area contributed by atoms with Crippen molar-refractivity contribution in [3.8, 4) is 5.75 Å². The molecule has 0 saturated carbocycles. The van der Waals surface area contributed by atoms with Crippen LogP contribution < -0.4 is 10.1 Å². The minimum Gasteiger partial charge on any atom is -0.490 e. The summed E-state index contributed by atoms with van der Waals surface area (Å²) < 4.78 is 11.1. The van der Waals surface area contributed by atoms with Crippen LogP contribution in [0, 0.1) is 5.92 Å². The second-order valence-electron chi connectivity index (χ2n) is 7.07. The average Bonchev–Trinajstić information content (AvgIpc) is 2.63. The Bertz CT molecular complexity index is 578. The van der Waals surface area contributed by atoms with Crippen LogP contribution >= 0.6 is 0 Å². The summed E-state index contributed by atoms with van der Waals surface area (Å²) >= 11 is 0. The zero-order valence-electron chi connectivity index (χ0n) is 16.2. The number of ether oxygens (including phenoxy) is 2. The Morgan fingerprint density at radius 3 is 2.81 bits per heavy atom. The zero-order chi connectivity index (χ0) is 18.8. The van der Waals surface area contributed by atoms with Crippen LogP contribution in [-0.2, 0) is 4.74 Å². The summed E-state index contributed by atoms with van der Waals surface area (Å²) in [6.07, 6.45) is 6.76. The molecule has 0 spiro atoms. The highest BCUT2D eigenvalue weighted by Crippen LogP contribution is 2.20. The molecular weight excluding hydrogens is 328 g/mol. The minimum atomic E-state index is -0.0979. The molecule has 2 rings (SSSR count). The highest BCUT2D eigenvalue weighted by atomic mass is 16.5. The number of hydrogen-bond donors (Lipinski definition) is 1. The van der Waals surface area contributed by atoms with Crippen LogP contribution in [0.5, 0.6) is 5.75 Å². The summed E-state index contributed by atoms with van der Waals surface area (Å²) in [6.45, 7) is 8.51. The maximum absolute atomic E-state index is 12.1. The number of carbonyl (C=O) groups excluding carboxylic acids is 1. The number of piperidine rings is 1. The molecule has 1 saturated heterocycles. The zero-order valence-corrected chi connectivity index (χ0v) is 16.2. The fourth-order valence-corrected chi connectivity index (χ4v) is 2.96. The van der Waals surface area contributed by atoms with Gasteiger partial charge in [0.2, 0.25) is 0 Å². The van der Waals surface area contributed by atoms with E-state index < -0.39 is 0 Å². The first-order valence-electron chi connectivity index (χ1n) is 9.51. The van der Waals surface area contributed by atoms with Gasteiger partial charge in [0.05, 0.1) is 6.61 Å². The Morgan fingerprint density at radius 2 is 2.12 bits per heavy atom. The van der Waals surface area contributed by atoms with Crippen molar-refractivity contribution in [3.05, 3.63) is 42.0 Å². The standard InChI is InChI=1S/C21H32N2O3/c1-17(2)6-5-12-23-13-9-19(10-14-23)26-20-8-4-7-18(16-20)21(24)22-11-15-25-3/h4-8,16-17,19H,9-15H2,1-3H3,(H,22,24)/b6-5+. The normalized spacial score (nSPS) is 16.3. The highest BCUT2D eigenvalue weighted by molar-refractivity contribution is 5.94. The first kappa shape index (κ1) is 20.5. The Balaban J connectivity index is 1.79. The molecule has 1 amide bonds. The van der Waals surface area contributed by atoms with E-state index in [0.29, 0.717) is 24.6 Å². The highest BCUT2D eigenvalue weighted by Gasteiger charge is 2.20. The number of hydrogen-bond acceptors (Lipinski definition) is 4. The van der Waals surface area contributed by atoms with Crippen molar-refractivity contribution < 1.29 is 14.3 Å². The number of likely N-dealkylation sites (tertiary alicyclic amines) is 1. The van der Waals surface area contributed by atoms with Gasteiger partial charge in [0.15, 0.2) is 0 Å². The third-order valence-electron chi connectivity index (χ3n) is 4.41. The first-order chi connectivity index (χ1) is 12.6. The lowest BCUT2D eigenvalue weighted by Crippen LogP contribution is -2.38. The van der Waals surface area contributed by atoms with Gasteiger partial charge in [0, 0.05) is 38.9 Å². The van der Waals surface area contributed by atoms with Crippen LogP contribution in [0.25, 0.3) is 0 Å². The molecule has 1 fully saturated rings. The van der Waals surface area contributed by atoms with Crippen LogP contribution in [0.2, 0.25) is 0 Å². The maximum Gasteiger partial charge on any atom is 0.251 e. The predicted octanol–water partition coefficient (Wildman–Crippen LogP) is 3.12. The van der Waals surface area contributed by atoms with Gasteiger partial charge in [-0.1, -0.05) is 32.1 Å².